The molecule has 1 aliphatic rings. The van der Waals surface area contributed by atoms with E-state index in [-0.39, 0.29) is 5.92 Å². The molecule has 30 heavy (non-hydrogen) atoms. The third kappa shape index (κ3) is 7.71. The summed E-state index contributed by atoms with van der Waals surface area (Å²) in [5.74, 6) is 2.62. The Kier molecular flexibility index (Phi) is 10.9. The maximum atomic E-state index is 6.00. The molecular weight excluding hydrogens is 447 g/mol. The van der Waals surface area contributed by atoms with Crippen LogP contribution in [0.15, 0.2) is 38.2 Å². The molecule has 1 atom stereocenters. The quantitative estimate of drug-likeness (QED) is 0.196. The third-order valence-electron chi connectivity index (χ3n) is 5.73. The van der Waals surface area contributed by atoms with E-state index in [4.69, 9.17) is 41.4 Å². The molecule has 0 amide bonds. The zero-order valence-corrected chi connectivity index (χ0v) is 21.1. The van der Waals surface area contributed by atoms with Gasteiger partial charge in [0.25, 0.3) is 0 Å². The van der Waals surface area contributed by atoms with Crippen LogP contribution in [0.1, 0.15) is 63.9 Å². The first-order valence-corrected chi connectivity index (χ1v) is 13.8. The second-order valence-corrected chi connectivity index (χ2v) is 11.3. The number of hydrogen-bond acceptors (Lipinski definition) is 7. The van der Waals surface area contributed by atoms with Crippen molar-refractivity contribution in [3.05, 3.63) is 29.8 Å². The number of isothiocyanates is 3. The van der Waals surface area contributed by atoms with E-state index >= 15 is 0 Å². The third-order valence-corrected chi connectivity index (χ3v) is 9.14. The summed E-state index contributed by atoms with van der Waals surface area (Å²) < 4.78 is 18.5. The lowest BCUT2D eigenvalue weighted by Gasteiger charge is -2.28. The van der Waals surface area contributed by atoms with Gasteiger partial charge in [0.15, 0.2) is 0 Å². The van der Waals surface area contributed by atoms with Crippen molar-refractivity contribution < 1.29 is 4.74 Å². The zero-order chi connectivity index (χ0) is 21.8. The van der Waals surface area contributed by atoms with Gasteiger partial charge in [-0.05, 0) is 97.8 Å². The van der Waals surface area contributed by atoms with Crippen molar-refractivity contribution in [2.45, 2.75) is 64.3 Å². The van der Waals surface area contributed by atoms with Gasteiger partial charge >= 0.3 is 8.56 Å². The Balaban J connectivity index is 1.90. The fraction of sp³-hybridized carbons (Fsp3) is 0.591. The number of nitrogens with zero attached hydrogens (tertiary/aromatic N) is 3. The summed E-state index contributed by atoms with van der Waals surface area (Å²) in [6.45, 7) is 4.86. The van der Waals surface area contributed by atoms with E-state index in [0.717, 1.165) is 11.7 Å². The fourth-order valence-corrected chi connectivity index (χ4v) is 7.46. The number of thiocarbonyl (C=S) groups is 3. The Labute approximate surface area is 197 Å². The lowest BCUT2D eigenvalue weighted by molar-refractivity contribution is 0.269. The maximum absolute atomic E-state index is 6.00. The van der Waals surface area contributed by atoms with Crippen LogP contribution >= 0.6 is 36.7 Å². The Bertz CT molecular complexity index is 775. The van der Waals surface area contributed by atoms with Crippen LogP contribution in [0.2, 0.25) is 6.04 Å². The molecule has 0 saturated heterocycles. The minimum Gasteiger partial charge on any atom is -0.493 e. The Morgan fingerprint density at radius 1 is 1.00 bits per heavy atom. The average molecular weight is 476 g/mol. The van der Waals surface area contributed by atoms with E-state index in [1.165, 1.54) is 44.1 Å². The first-order valence-electron chi connectivity index (χ1n) is 10.6. The van der Waals surface area contributed by atoms with Crippen LogP contribution in [-0.4, -0.2) is 30.6 Å². The lowest BCUT2D eigenvalue weighted by atomic mass is 9.77. The summed E-state index contributed by atoms with van der Waals surface area (Å²) in [4.78, 5) is 0. The molecule has 4 nitrogen and oxygen atoms in total. The Morgan fingerprint density at radius 2 is 1.57 bits per heavy atom. The second-order valence-electron chi connectivity index (χ2n) is 8.08. The highest BCUT2D eigenvalue weighted by Gasteiger charge is 2.36. The van der Waals surface area contributed by atoms with Crippen molar-refractivity contribution in [1.29, 1.82) is 0 Å². The highest BCUT2D eigenvalue weighted by atomic mass is 32.1. The predicted molar refractivity (Wildman–Crippen MR) is 136 cm³/mol. The van der Waals surface area contributed by atoms with E-state index < -0.39 is 8.56 Å². The van der Waals surface area contributed by atoms with Crippen molar-refractivity contribution in [3.63, 3.8) is 0 Å². The van der Waals surface area contributed by atoms with Crippen LogP contribution in [0.25, 0.3) is 0 Å². The van der Waals surface area contributed by atoms with E-state index in [9.17, 15) is 0 Å². The van der Waals surface area contributed by atoms with Crippen molar-refractivity contribution in [3.8, 4) is 5.75 Å². The molecule has 1 unspecified atom stereocenters. The minimum absolute atomic E-state index is 0.136. The van der Waals surface area contributed by atoms with Crippen molar-refractivity contribution in [2.24, 2.45) is 25.8 Å². The average Bonchev–Trinajstić information content (AvgIpc) is 2.74. The highest BCUT2D eigenvalue weighted by molar-refractivity contribution is 7.78. The van der Waals surface area contributed by atoms with Gasteiger partial charge in [-0.25, -0.2) is 14.0 Å². The van der Waals surface area contributed by atoms with E-state index in [1.807, 2.05) is 0 Å². The molecule has 1 aliphatic carbocycles. The second kappa shape index (κ2) is 13.1. The van der Waals surface area contributed by atoms with Gasteiger partial charge in [-0.1, -0.05) is 38.8 Å². The molecule has 1 saturated carbocycles. The Morgan fingerprint density at radius 3 is 2.07 bits per heavy atom. The molecule has 0 N–H and O–H groups in total. The smallest absolute Gasteiger partial charge is 0.461 e. The largest absolute Gasteiger partial charge is 0.493 e. The van der Waals surface area contributed by atoms with Crippen LogP contribution in [0.4, 0.5) is 0 Å². The van der Waals surface area contributed by atoms with Crippen LogP contribution in [0, 0.1) is 11.8 Å². The van der Waals surface area contributed by atoms with Crippen molar-refractivity contribution >= 4 is 60.7 Å². The monoisotopic (exact) mass is 475 g/mol. The molecule has 2 rings (SSSR count). The number of hydrogen-bond donors (Lipinski definition) is 0. The molecule has 8 heteroatoms. The van der Waals surface area contributed by atoms with E-state index in [1.54, 1.807) is 0 Å². The summed E-state index contributed by atoms with van der Waals surface area (Å²) in [5.41, 5.74) is 1.43. The van der Waals surface area contributed by atoms with E-state index in [0.29, 0.717) is 18.6 Å². The van der Waals surface area contributed by atoms with E-state index in [2.05, 4.69) is 67.6 Å². The van der Waals surface area contributed by atoms with Gasteiger partial charge in [0.2, 0.25) is 0 Å². The lowest BCUT2D eigenvalue weighted by Crippen LogP contribution is -2.31. The zero-order valence-electron chi connectivity index (χ0n) is 17.7. The summed E-state index contributed by atoms with van der Waals surface area (Å²) >= 11 is 14.3. The number of ether oxygens (including phenoxy) is 1. The molecule has 1 fully saturated rings. The number of benzene rings is 1. The molecular formula is C22H29N3OS3Si. The van der Waals surface area contributed by atoms with Gasteiger partial charge < -0.3 is 4.74 Å². The highest BCUT2D eigenvalue weighted by Crippen LogP contribution is 2.37. The van der Waals surface area contributed by atoms with Crippen LogP contribution in [0.3, 0.4) is 0 Å². The van der Waals surface area contributed by atoms with Gasteiger partial charge in [0, 0.05) is 6.04 Å². The van der Waals surface area contributed by atoms with Crippen LogP contribution < -0.4 is 4.74 Å². The first kappa shape index (κ1) is 24.9. The molecule has 0 aromatic heterocycles. The molecule has 160 valence electrons. The summed E-state index contributed by atoms with van der Waals surface area (Å²) in [5, 5.41) is 7.12. The normalized spacial score (nSPS) is 21.1. The minimum atomic E-state index is -2.89. The molecule has 0 radical (unpaired) electrons. The van der Waals surface area contributed by atoms with Gasteiger partial charge in [-0.3, -0.25) is 0 Å². The van der Waals surface area contributed by atoms with Crippen LogP contribution in [-0.2, 0) is 0 Å². The molecule has 1 aromatic rings. The standard InChI is InChI=1S/C22H29N3OS3Si/c1-3-4-19-5-7-20(8-6-19)21-9-11-22(12-10-21)26-13-18(2)14-30(23-15-27,24-16-28)25-17-29/h9-12,18-20H,3-8,13-14H2,1-2H3. The summed E-state index contributed by atoms with van der Waals surface area (Å²) in [6, 6.07) is 9.14. The maximum Gasteiger partial charge on any atom is 0.461 e. The van der Waals surface area contributed by atoms with Gasteiger partial charge in [0.1, 0.15) is 5.75 Å². The molecule has 0 aliphatic heterocycles. The SMILES string of the molecule is CCCC1CCC(c2ccc(OCC(C)C[Si](N=C=S)(N=C=S)N=C=S)cc2)CC1. The molecule has 0 spiro atoms. The fourth-order valence-electron chi connectivity index (χ4n) is 4.23. The van der Waals surface area contributed by atoms with Gasteiger partial charge in [-0.15, -0.1) is 0 Å². The topological polar surface area (TPSA) is 46.3 Å². The van der Waals surface area contributed by atoms with Gasteiger partial charge in [-0.2, -0.15) is 0 Å². The molecule has 0 bridgehead atoms. The van der Waals surface area contributed by atoms with Crippen LogP contribution in [0.5, 0.6) is 5.75 Å². The first-order chi connectivity index (χ1) is 14.6. The summed E-state index contributed by atoms with van der Waals surface area (Å²) in [6.07, 6.45) is 8.00. The number of rotatable bonds is 11. The summed E-state index contributed by atoms with van der Waals surface area (Å²) in [7, 11) is -2.89. The molecule has 0 heterocycles. The van der Waals surface area contributed by atoms with Crippen molar-refractivity contribution in [2.75, 3.05) is 6.61 Å². The predicted octanol–water partition coefficient (Wildman–Crippen LogP) is 7.02. The molecule has 1 aromatic carbocycles. The van der Waals surface area contributed by atoms with Crippen molar-refractivity contribution in [1.82, 2.24) is 0 Å². The Hall–Kier alpha value is -1.36. The van der Waals surface area contributed by atoms with Gasteiger partial charge in [0.05, 0.1) is 22.1 Å².